The molecule has 1 amide bonds. The molecule has 25 heavy (non-hydrogen) atoms. The number of carbonyl (C=O) groups excluding carboxylic acids is 1. The van der Waals surface area contributed by atoms with Crippen molar-refractivity contribution in [1.82, 2.24) is 0 Å². The van der Waals surface area contributed by atoms with Gasteiger partial charge in [-0.1, -0.05) is 51.2 Å². The quantitative estimate of drug-likeness (QED) is 0.324. The Morgan fingerprint density at radius 1 is 1.28 bits per heavy atom. The van der Waals surface area contributed by atoms with Crippen molar-refractivity contribution in [2.75, 3.05) is 11.9 Å². The van der Waals surface area contributed by atoms with Crippen molar-refractivity contribution in [3.05, 3.63) is 29.8 Å². The Morgan fingerprint density at radius 3 is 2.64 bits per heavy atom. The van der Waals surface area contributed by atoms with Crippen LogP contribution in [0.25, 0.3) is 0 Å². The summed E-state index contributed by atoms with van der Waals surface area (Å²) in [5.41, 5.74) is 7.49. The molecule has 1 aromatic rings. The number of unbranched alkanes of at least 4 members (excludes halogenated alkanes) is 5. The Balaban J connectivity index is 2.41. The number of amides is 1. The lowest BCUT2D eigenvalue weighted by molar-refractivity contribution is -0.118. The van der Waals surface area contributed by atoms with Gasteiger partial charge in [-0.3, -0.25) is 4.79 Å². The van der Waals surface area contributed by atoms with E-state index < -0.39 is 18.7 Å². The van der Waals surface area contributed by atoms with Crippen molar-refractivity contribution < 1.29 is 19.1 Å². The van der Waals surface area contributed by atoms with Crippen molar-refractivity contribution in [3.63, 3.8) is 0 Å². The van der Waals surface area contributed by atoms with Crippen LogP contribution in [0.3, 0.4) is 0 Å². The Morgan fingerprint density at radius 2 is 1.96 bits per heavy atom. The first kappa shape index (κ1) is 22.2. The van der Waals surface area contributed by atoms with E-state index in [9.17, 15) is 4.79 Å². The van der Waals surface area contributed by atoms with Crippen molar-refractivity contribution in [3.8, 4) is 0 Å². The van der Waals surface area contributed by atoms with Crippen LogP contribution >= 0.6 is 6.72 Å². The number of rotatable bonds is 12. The maximum atomic E-state index is 12.0. The summed E-state index contributed by atoms with van der Waals surface area (Å²) in [6.45, 7) is -1.93. The van der Waals surface area contributed by atoms with Crippen LogP contribution in [0.15, 0.2) is 24.3 Å². The van der Waals surface area contributed by atoms with Gasteiger partial charge in [-0.05, 0) is 42.3 Å². The zero-order chi connectivity index (χ0) is 18.7. The second-order valence-electron chi connectivity index (χ2n) is 6.10. The summed E-state index contributed by atoms with van der Waals surface area (Å²) in [5.74, 6) is -0.458. The molecule has 6 nitrogen and oxygen atoms in total. The zero-order valence-corrected chi connectivity index (χ0v) is 16.4. The maximum Gasteiger partial charge on any atom is 0.321 e. The summed E-state index contributed by atoms with van der Waals surface area (Å²) >= 11 is 4.32. The molecule has 0 spiro atoms. The van der Waals surface area contributed by atoms with Gasteiger partial charge in [0.15, 0.2) is 0 Å². The number of anilines is 1. The van der Waals surface area contributed by atoms with Gasteiger partial charge in [0.05, 0.1) is 6.61 Å². The van der Waals surface area contributed by atoms with Crippen molar-refractivity contribution in [1.29, 1.82) is 0 Å². The van der Waals surface area contributed by atoms with Crippen LogP contribution in [0.2, 0.25) is 0 Å². The van der Waals surface area contributed by atoms with Gasteiger partial charge in [-0.2, -0.15) is 0 Å². The van der Waals surface area contributed by atoms with Crippen LogP contribution in [-0.2, 0) is 27.5 Å². The average molecular weight is 388 g/mol. The number of carbonyl (C=O) groups is 1. The summed E-state index contributed by atoms with van der Waals surface area (Å²) in [4.78, 5) is 30.0. The molecule has 0 saturated carbocycles. The number of nitrogens with one attached hydrogen (secondary N) is 1. The van der Waals surface area contributed by atoms with Gasteiger partial charge in [0.2, 0.25) is 5.91 Å². The normalized spacial score (nSPS) is 12.8. The van der Waals surface area contributed by atoms with Crippen LogP contribution < -0.4 is 11.1 Å². The Kier molecular flexibility index (Phi) is 10.4. The molecule has 142 valence electrons. The summed E-state index contributed by atoms with van der Waals surface area (Å²) in [7, 11) is 0. The summed E-state index contributed by atoms with van der Waals surface area (Å²) in [5, 5.41) is 2.71. The lowest BCUT2D eigenvalue weighted by Crippen LogP contribution is -2.39. The maximum absolute atomic E-state index is 12.0. The standard InChI is InChI=1S/C17H29N2O4PS/c1-2-3-4-5-6-7-9-14-10-8-11-15(12-14)19-17(20)16(18)13-23-24(21,22)25/h8,10-12,16H,2-7,9,13,18H2,1H3,(H,19,20)(H2,21,22,25)/t16-/m1/s1. The minimum atomic E-state index is -3.80. The third kappa shape index (κ3) is 10.7. The second kappa shape index (κ2) is 11.7. The second-order valence-corrected chi connectivity index (χ2v) is 8.77. The average Bonchev–Trinajstić information content (AvgIpc) is 2.55. The molecule has 0 unspecified atom stereocenters. The number of benzene rings is 1. The summed E-state index contributed by atoms with van der Waals surface area (Å²) in [6.07, 6.45) is 8.43. The van der Waals surface area contributed by atoms with Gasteiger partial charge in [-0.15, -0.1) is 0 Å². The molecule has 1 atom stereocenters. The fourth-order valence-electron chi connectivity index (χ4n) is 2.40. The minimum absolute atomic E-state index is 0.340. The predicted molar refractivity (Wildman–Crippen MR) is 105 cm³/mol. The van der Waals surface area contributed by atoms with Crippen molar-refractivity contribution in [2.24, 2.45) is 5.73 Å². The van der Waals surface area contributed by atoms with E-state index in [-0.39, 0.29) is 6.61 Å². The summed E-state index contributed by atoms with van der Waals surface area (Å²) < 4.78 is 4.62. The van der Waals surface area contributed by atoms with Gasteiger partial charge < -0.3 is 25.4 Å². The molecule has 0 aliphatic rings. The first-order chi connectivity index (χ1) is 11.8. The fraction of sp³-hybridized carbons (Fsp3) is 0.588. The zero-order valence-electron chi connectivity index (χ0n) is 14.7. The van der Waals surface area contributed by atoms with E-state index in [1.54, 1.807) is 6.07 Å². The molecule has 1 aromatic carbocycles. The largest absolute Gasteiger partial charge is 0.325 e. The van der Waals surface area contributed by atoms with Crippen LogP contribution in [-0.4, -0.2) is 28.3 Å². The van der Waals surface area contributed by atoms with Gasteiger partial charge in [0, 0.05) is 5.69 Å². The number of hydrogen-bond acceptors (Lipinski definition) is 4. The van der Waals surface area contributed by atoms with Crippen LogP contribution in [0.5, 0.6) is 0 Å². The highest BCUT2D eigenvalue weighted by molar-refractivity contribution is 8.06. The van der Waals surface area contributed by atoms with Gasteiger partial charge in [0.25, 0.3) is 0 Å². The number of aryl methyl sites for hydroxylation is 1. The minimum Gasteiger partial charge on any atom is -0.325 e. The number of hydrogen-bond donors (Lipinski definition) is 4. The van der Waals surface area contributed by atoms with E-state index >= 15 is 0 Å². The van der Waals surface area contributed by atoms with Gasteiger partial charge in [-0.25, -0.2) is 0 Å². The van der Waals surface area contributed by atoms with Gasteiger partial charge in [0.1, 0.15) is 6.04 Å². The van der Waals surface area contributed by atoms with E-state index in [4.69, 9.17) is 15.5 Å². The smallest absolute Gasteiger partial charge is 0.321 e. The van der Waals surface area contributed by atoms with Crippen LogP contribution in [0.4, 0.5) is 5.69 Å². The van der Waals surface area contributed by atoms with E-state index in [0.29, 0.717) is 5.69 Å². The molecule has 0 saturated heterocycles. The fourth-order valence-corrected chi connectivity index (χ4v) is 2.94. The lowest BCUT2D eigenvalue weighted by atomic mass is 10.0. The molecule has 0 bridgehead atoms. The molecular formula is C17H29N2O4PS. The molecule has 0 heterocycles. The molecule has 8 heteroatoms. The van der Waals surface area contributed by atoms with Crippen LogP contribution in [0.1, 0.15) is 51.0 Å². The Bertz CT molecular complexity index is 580. The van der Waals surface area contributed by atoms with Crippen LogP contribution in [0, 0.1) is 0 Å². The molecular weight excluding hydrogens is 359 g/mol. The third-order valence-corrected chi connectivity index (χ3v) is 4.57. The number of nitrogens with two attached hydrogens (primary N) is 1. The van der Waals surface area contributed by atoms with Crippen molar-refractivity contribution >= 4 is 30.1 Å². The van der Waals surface area contributed by atoms with Gasteiger partial charge >= 0.3 is 6.72 Å². The predicted octanol–water partition coefficient (Wildman–Crippen LogP) is 3.08. The monoisotopic (exact) mass is 388 g/mol. The molecule has 0 radical (unpaired) electrons. The Labute approximate surface area is 155 Å². The SMILES string of the molecule is CCCCCCCCc1cccc(NC(=O)[C@H](N)COP(O)(O)=S)c1. The molecule has 0 aliphatic heterocycles. The van der Waals surface area contributed by atoms with E-state index in [2.05, 4.69) is 28.6 Å². The molecule has 0 fully saturated rings. The van der Waals surface area contributed by atoms with E-state index in [1.165, 1.54) is 37.7 Å². The highest BCUT2D eigenvalue weighted by Crippen LogP contribution is 2.36. The molecule has 1 rings (SSSR count). The third-order valence-electron chi connectivity index (χ3n) is 3.77. The molecule has 0 aliphatic carbocycles. The van der Waals surface area contributed by atoms with E-state index in [0.717, 1.165) is 12.8 Å². The van der Waals surface area contributed by atoms with E-state index in [1.807, 2.05) is 18.2 Å². The lowest BCUT2D eigenvalue weighted by Gasteiger charge is -2.15. The van der Waals surface area contributed by atoms with Crippen molar-refractivity contribution in [2.45, 2.75) is 57.9 Å². The first-order valence-electron chi connectivity index (χ1n) is 8.67. The highest BCUT2D eigenvalue weighted by atomic mass is 32.5. The topological polar surface area (TPSA) is 105 Å². The summed E-state index contributed by atoms with van der Waals surface area (Å²) in [6, 6.07) is 6.63. The molecule has 5 N–H and O–H groups in total. The molecule has 0 aromatic heterocycles. The Hall–Kier alpha value is -0.820. The first-order valence-corrected chi connectivity index (χ1v) is 11.3. The highest BCUT2D eigenvalue weighted by Gasteiger charge is 2.18.